The highest BCUT2D eigenvalue weighted by molar-refractivity contribution is 9.10. The van der Waals surface area contributed by atoms with Crippen LogP contribution in [0.1, 0.15) is 37.7 Å². The van der Waals surface area contributed by atoms with E-state index < -0.39 is 0 Å². The number of hydrogen-bond donors (Lipinski definition) is 0. The maximum atomic E-state index is 12.0. The van der Waals surface area contributed by atoms with Crippen molar-refractivity contribution in [1.82, 2.24) is 5.01 Å². The topological polar surface area (TPSA) is 32.7 Å². The van der Waals surface area contributed by atoms with Gasteiger partial charge in [0.2, 0.25) is 5.91 Å². The lowest BCUT2D eigenvalue weighted by molar-refractivity contribution is -0.129. The van der Waals surface area contributed by atoms with Gasteiger partial charge in [-0.3, -0.25) is 4.79 Å². The Labute approximate surface area is 121 Å². The molecular formula is C15H17BrN2O. The van der Waals surface area contributed by atoms with Crippen molar-refractivity contribution >= 4 is 27.5 Å². The number of carbonyl (C=O) groups excluding carboxylic acids is 1. The molecule has 1 aliphatic heterocycles. The maximum Gasteiger partial charge on any atom is 0.248 e. The minimum absolute atomic E-state index is 0.143. The molecular weight excluding hydrogens is 304 g/mol. The van der Waals surface area contributed by atoms with Crippen molar-refractivity contribution in [2.75, 3.05) is 0 Å². The van der Waals surface area contributed by atoms with Gasteiger partial charge in [-0.05, 0) is 36.5 Å². The number of amides is 1. The lowest BCUT2D eigenvalue weighted by Gasteiger charge is -2.11. The van der Waals surface area contributed by atoms with Crippen LogP contribution in [-0.2, 0) is 11.3 Å². The Morgan fingerprint density at radius 1 is 1.21 bits per heavy atom. The third-order valence-electron chi connectivity index (χ3n) is 3.94. The molecule has 1 aromatic rings. The molecule has 2 aliphatic rings. The normalized spacial score (nSPS) is 20.2. The number of carbonyl (C=O) groups is 1. The number of hydrazone groups is 1. The number of rotatable bonds is 3. The summed E-state index contributed by atoms with van der Waals surface area (Å²) in [6.45, 7) is 0.586. The molecule has 1 aliphatic carbocycles. The van der Waals surface area contributed by atoms with Crippen LogP contribution in [0, 0.1) is 5.92 Å². The van der Waals surface area contributed by atoms with Crippen LogP contribution in [0.5, 0.6) is 0 Å². The Kier molecular flexibility index (Phi) is 3.69. The van der Waals surface area contributed by atoms with Gasteiger partial charge in [-0.1, -0.05) is 40.9 Å². The van der Waals surface area contributed by atoms with Gasteiger partial charge in [0.15, 0.2) is 0 Å². The van der Waals surface area contributed by atoms with Crippen LogP contribution in [0.4, 0.5) is 0 Å². The van der Waals surface area contributed by atoms with Crippen LogP contribution in [-0.4, -0.2) is 16.6 Å². The first-order valence-corrected chi connectivity index (χ1v) is 7.64. The van der Waals surface area contributed by atoms with Crippen LogP contribution in [0.3, 0.4) is 0 Å². The molecule has 0 aromatic heterocycles. The zero-order valence-electron chi connectivity index (χ0n) is 10.8. The lowest BCUT2D eigenvalue weighted by Crippen LogP contribution is -2.20. The third-order valence-corrected chi connectivity index (χ3v) is 4.47. The number of benzene rings is 1. The van der Waals surface area contributed by atoms with Crippen molar-refractivity contribution in [2.45, 2.75) is 38.6 Å². The molecule has 1 saturated carbocycles. The molecule has 0 saturated heterocycles. The summed E-state index contributed by atoms with van der Waals surface area (Å²) in [5.41, 5.74) is 2.23. The van der Waals surface area contributed by atoms with Crippen molar-refractivity contribution in [1.29, 1.82) is 0 Å². The fraction of sp³-hybridized carbons (Fsp3) is 0.467. The molecule has 0 unspecified atom stereocenters. The smallest absolute Gasteiger partial charge is 0.248 e. The highest BCUT2D eigenvalue weighted by Gasteiger charge is 2.30. The Morgan fingerprint density at radius 3 is 2.58 bits per heavy atom. The quantitative estimate of drug-likeness (QED) is 0.835. The van der Waals surface area contributed by atoms with Crippen LogP contribution in [0.2, 0.25) is 0 Å². The average molecular weight is 321 g/mol. The third kappa shape index (κ3) is 2.89. The predicted octanol–water partition coefficient (Wildman–Crippen LogP) is 3.73. The van der Waals surface area contributed by atoms with Crippen molar-refractivity contribution < 1.29 is 4.79 Å². The molecule has 1 amide bonds. The first-order valence-electron chi connectivity index (χ1n) is 6.84. The summed E-state index contributed by atoms with van der Waals surface area (Å²) in [4.78, 5) is 12.0. The van der Waals surface area contributed by atoms with E-state index in [1.807, 2.05) is 24.3 Å². The highest BCUT2D eigenvalue weighted by Crippen LogP contribution is 2.30. The largest absolute Gasteiger partial charge is 0.273 e. The zero-order chi connectivity index (χ0) is 13.2. The summed E-state index contributed by atoms with van der Waals surface area (Å²) in [5.74, 6) is 0.698. The molecule has 0 N–H and O–H groups in total. The van der Waals surface area contributed by atoms with Crippen LogP contribution < -0.4 is 0 Å². The summed E-state index contributed by atoms with van der Waals surface area (Å²) in [5, 5.41) is 6.19. The number of hydrogen-bond acceptors (Lipinski definition) is 2. The lowest BCUT2D eigenvalue weighted by atomic mass is 10.00. The van der Waals surface area contributed by atoms with Gasteiger partial charge >= 0.3 is 0 Å². The molecule has 1 heterocycles. The number of nitrogens with zero attached hydrogens (tertiary/aromatic N) is 2. The molecule has 0 bridgehead atoms. The van der Waals surface area contributed by atoms with Crippen LogP contribution >= 0.6 is 15.9 Å². The Bertz CT molecular complexity index is 503. The van der Waals surface area contributed by atoms with Gasteiger partial charge in [-0.2, -0.15) is 5.10 Å². The van der Waals surface area contributed by atoms with E-state index in [0.29, 0.717) is 18.9 Å². The molecule has 0 atom stereocenters. The fourth-order valence-electron chi connectivity index (χ4n) is 2.86. The zero-order valence-corrected chi connectivity index (χ0v) is 12.4. The Morgan fingerprint density at radius 2 is 1.89 bits per heavy atom. The van der Waals surface area contributed by atoms with E-state index in [1.54, 1.807) is 5.01 Å². The SMILES string of the molecule is O=C1CC(C2CCCC2)=NN1Cc1ccc(Br)cc1. The van der Waals surface area contributed by atoms with Crippen molar-refractivity contribution in [3.8, 4) is 0 Å². The van der Waals surface area contributed by atoms with Crippen LogP contribution in [0.25, 0.3) is 0 Å². The average Bonchev–Trinajstić information content (AvgIpc) is 3.03. The first kappa shape index (κ1) is 12.9. The molecule has 3 rings (SSSR count). The van der Waals surface area contributed by atoms with E-state index >= 15 is 0 Å². The van der Waals surface area contributed by atoms with E-state index in [-0.39, 0.29) is 5.91 Å². The summed E-state index contributed by atoms with van der Waals surface area (Å²) < 4.78 is 1.05. The minimum Gasteiger partial charge on any atom is -0.273 e. The molecule has 1 fully saturated rings. The predicted molar refractivity (Wildman–Crippen MR) is 78.7 cm³/mol. The van der Waals surface area contributed by atoms with E-state index in [4.69, 9.17) is 0 Å². The van der Waals surface area contributed by atoms with Gasteiger partial charge < -0.3 is 0 Å². The van der Waals surface area contributed by atoms with Gasteiger partial charge in [0.1, 0.15) is 0 Å². The summed E-state index contributed by atoms with van der Waals surface area (Å²) in [6, 6.07) is 8.05. The molecule has 3 nitrogen and oxygen atoms in total. The molecule has 19 heavy (non-hydrogen) atoms. The van der Waals surface area contributed by atoms with Crippen molar-refractivity contribution in [3.63, 3.8) is 0 Å². The molecule has 100 valence electrons. The Balaban J connectivity index is 1.70. The second-order valence-electron chi connectivity index (χ2n) is 5.33. The standard InChI is InChI=1S/C15H17BrN2O/c16-13-7-5-11(6-8-13)10-18-15(19)9-14(17-18)12-3-1-2-4-12/h5-8,12H,1-4,9-10H2. The summed E-state index contributed by atoms with van der Waals surface area (Å²) in [7, 11) is 0. The monoisotopic (exact) mass is 320 g/mol. The van der Waals surface area contributed by atoms with Gasteiger partial charge in [-0.15, -0.1) is 0 Å². The van der Waals surface area contributed by atoms with Gasteiger partial charge in [0.25, 0.3) is 0 Å². The molecule has 4 heteroatoms. The number of halogens is 1. The maximum absolute atomic E-state index is 12.0. The van der Waals surface area contributed by atoms with Crippen molar-refractivity contribution in [2.24, 2.45) is 11.0 Å². The van der Waals surface area contributed by atoms with Gasteiger partial charge in [-0.25, -0.2) is 5.01 Å². The van der Waals surface area contributed by atoms with E-state index in [9.17, 15) is 4.79 Å². The molecule has 0 spiro atoms. The molecule has 0 radical (unpaired) electrons. The van der Waals surface area contributed by atoms with Gasteiger partial charge in [0.05, 0.1) is 18.7 Å². The first-order chi connectivity index (χ1) is 9.22. The van der Waals surface area contributed by atoms with E-state index in [2.05, 4.69) is 21.0 Å². The van der Waals surface area contributed by atoms with E-state index in [1.165, 1.54) is 25.7 Å². The second kappa shape index (κ2) is 5.45. The van der Waals surface area contributed by atoms with Crippen molar-refractivity contribution in [3.05, 3.63) is 34.3 Å². The summed E-state index contributed by atoms with van der Waals surface area (Å²) in [6.07, 6.45) is 5.51. The Hall–Kier alpha value is -1.16. The second-order valence-corrected chi connectivity index (χ2v) is 6.24. The van der Waals surface area contributed by atoms with Crippen LogP contribution in [0.15, 0.2) is 33.8 Å². The highest BCUT2D eigenvalue weighted by atomic mass is 79.9. The fourth-order valence-corrected chi connectivity index (χ4v) is 3.13. The summed E-state index contributed by atoms with van der Waals surface area (Å²) >= 11 is 3.42. The minimum atomic E-state index is 0.143. The van der Waals surface area contributed by atoms with E-state index in [0.717, 1.165) is 15.7 Å². The molecule has 1 aromatic carbocycles. The van der Waals surface area contributed by atoms with Gasteiger partial charge in [0, 0.05) is 4.47 Å².